The van der Waals surface area contributed by atoms with Crippen molar-refractivity contribution < 1.29 is 9.53 Å². The summed E-state index contributed by atoms with van der Waals surface area (Å²) in [7, 11) is 1.87. The Labute approximate surface area is 241 Å². The number of anilines is 2. The van der Waals surface area contributed by atoms with Crippen molar-refractivity contribution >= 4 is 28.4 Å². The number of fused-ring (bicyclic) bond motifs is 1. The Balaban J connectivity index is 1.54. The van der Waals surface area contributed by atoms with Gasteiger partial charge in [-0.2, -0.15) is 10.2 Å². The third kappa shape index (κ3) is 4.97. The van der Waals surface area contributed by atoms with E-state index in [1.165, 1.54) is 6.08 Å². The third-order valence-corrected chi connectivity index (χ3v) is 6.93. The number of aromatic nitrogens is 6. The Hall–Kier alpha value is -5.77. The lowest BCUT2D eigenvalue weighted by Crippen LogP contribution is -2.09. The van der Waals surface area contributed by atoms with Crippen molar-refractivity contribution in [3.05, 3.63) is 97.0 Å². The number of nitrogen functional groups attached to an aromatic ring is 1. The highest BCUT2D eigenvalue weighted by Crippen LogP contribution is 2.45. The first-order chi connectivity index (χ1) is 20.3. The smallest absolute Gasteiger partial charge is 0.248 e. The van der Waals surface area contributed by atoms with Gasteiger partial charge in [-0.05, 0) is 73.0 Å². The van der Waals surface area contributed by atoms with Gasteiger partial charge in [0.2, 0.25) is 11.8 Å². The zero-order valence-electron chi connectivity index (χ0n) is 23.3. The predicted octanol–water partition coefficient (Wildman–Crippen LogP) is 6.20. The average Bonchev–Trinajstić information content (AvgIpc) is 3.58. The van der Waals surface area contributed by atoms with Gasteiger partial charge in [-0.3, -0.25) is 14.6 Å². The number of aryl methyl sites for hydroxylation is 3. The van der Waals surface area contributed by atoms with Crippen LogP contribution in [0.5, 0.6) is 11.6 Å². The maximum Gasteiger partial charge on any atom is 0.248 e. The van der Waals surface area contributed by atoms with Crippen molar-refractivity contribution in [2.24, 2.45) is 7.05 Å². The van der Waals surface area contributed by atoms with Gasteiger partial charge in [0.1, 0.15) is 11.6 Å². The van der Waals surface area contributed by atoms with Crippen LogP contribution in [0.15, 0.2) is 85.7 Å². The first kappa shape index (κ1) is 26.5. The molecule has 4 aromatic heterocycles. The first-order valence-corrected chi connectivity index (χ1v) is 13.2. The molecule has 1 amide bonds. The molecule has 42 heavy (non-hydrogen) atoms. The Kier molecular flexibility index (Phi) is 6.71. The van der Waals surface area contributed by atoms with E-state index in [4.69, 9.17) is 10.5 Å². The Morgan fingerprint density at radius 3 is 2.57 bits per heavy atom. The number of hydrogen-bond acceptors (Lipinski definition) is 7. The van der Waals surface area contributed by atoms with E-state index in [1.807, 2.05) is 81.7 Å². The standard InChI is InChI=1S/C32H28N8O2/c1-5-27(41)36-26-15-18(2)24(17-34-26)22-16-23(25-13-14-40(4)39-25)31-30(32(33)38-37-31)29(22)20-9-11-21(12-10-20)42-28-8-6-7-19(3)35-28/h5-17H,1H2,2-4H3,(H3,33,37,38)(H,34,36,41). The molecule has 0 aliphatic carbocycles. The van der Waals surface area contributed by atoms with Crippen molar-refractivity contribution in [1.29, 1.82) is 0 Å². The molecule has 0 radical (unpaired) electrons. The van der Waals surface area contributed by atoms with Crippen LogP contribution in [-0.4, -0.2) is 35.9 Å². The van der Waals surface area contributed by atoms with Crippen molar-refractivity contribution in [1.82, 2.24) is 29.9 Å². The summed E-state index contributed by atoms with van der Waals surface area (Å²) < 4.78 is 7.75. The summed E-state index contributed by atoms with van der Waals surface area (Å²) in [5.74, 6) is 1.64. The molecule has 0 atom stereocenters. The fourth-order valence-corrected chi connectivity index (χ4v) is 4.97. The highest BCUT2D eigenvalue weighted by molar-refractivity contribution is 6.13. The largest absolute Gasteiger partial charge is 0.439 e. The van der Waals surface area contributed by atoms with E-state index in [0.29, 0.717) is 23.3 Å². The molecule has 0 bridgehead atoms. The summed E-state index contributed by atoms with van der Waals surface area (Å²) in [5.41, 5.74) is 14.2. The van der Waals surface area contributed by atoms with Gasteiger partial charge < -0.3 is 15.8 Å². The predicted molar refractivity (Wildman–Crippen MR) is 164 cm³/mol. The lowest BCUT2D eigenvalue weighted by molar-refractivity contribution is -0.111. The van der Waals surface area contributed by atoms with Crippen LogP contribution in [-0.2, 0) is 11.8 Å². The minimum Gasteiger partial charge on any atom is -0.439 e. The van der Waals surface area contributed by atoms with Crippen LogP contribution in [0.4, 0.5) is 11.6 Å². The number of nitrogens with one attached hydrogen (secondary N) is 2. The Morgan fingerprint density at radius 2 is 1.88 bits per heavy atom. The minimum atomic E-state index is -0.330. The van der Waals surface area contributed by atoms with Crippen LogP contribution in [0, 0.1) is 13.8 Å². The van der Waals surface area contributed by atoms with Gasteiger partial charge in [0.25, 0.3) is 0 Å². The van der Waals surface area contributed by atoms with Crippen molar-refractivity contribution in [3.8, 4) is 45.1 Å². The molecular formula is C32H28N8O2. The number of amides is 1. The summed E-state index contributed by atoms with van der Waals surface area (Å²) in [6, 6.07) is 19.3. The molecule has 6 rings (SSSR count). The van der Waals surface area contributed by atoms with Gasteiger partial charge in [0.05, 0.1) is 16.6 Å². The SMILES string of the molecule is C=CC(=O)Nc1cc(C)c(-c2cc(-c3ccn(C)n3)c3[nH]nc(N)c3c2-c2ccc(Oc3cccc(C)n3)cc2)cn1. The quantitative estimate of drug-likeness (QED) is 0.199. The third-order valence-electron chi connectivity index (χ3n) is 6.93. The summed E-state index contributed by atoms with van der Waals surface area (Å²) >= 11 is 0. The summed E-state index contributed by atoms with van der Waals surface area (Å²) in [5, 5.41) is 15.6. The number of benzene rings is 2. The van der Waals surface area contributed by atoms with Crippen LogP contribution >= 0.6 is 0 Å². The molecule has 0 saturated heterocycles. The van der Waals surface area contributed by atoms with Crippen LogP contribution in [0.3, 0.4) is 0 Å². The van der Waals surface area contributed by atoms with Crippen LogP contribution < -0.4 is 15.8 Å². The van der Waals surface area contributed by atoms with Gasteiger partial charge in [-0.25, -0.2) is 9.97 Å². The molecular weight excluding hydrogens is 528 g/mol. The lowest BCUT2D eigenvalue weighted by Gasteiger charge is -2.17. The number of rotatable bonds is 7. The van der Waals surface area contributed by atoms with Crippen molar-refractivity contribution in [2.45, 2.75) is 13.8 Å². The second-order valence-electron chi connectivity index (χ2n) is 9.90. The van der Waals surface area contributed by atoms with E-state index in [9.17, 15) is 4.79 Å². The van der Waals surface area contributed by atoms with Gasteiger partial charge in [0.15, 0.2) is 5.82 Å². The number of hydrogen-bond donors (Lipinski definition) is 3. The molecule has 2 aromatic carbocycles. The van der Waals surface area contributed by atoms with E-state index in [2.05, 4.69) is 43.2 Å². The maximum absolute atomic E-state index is 11.9. The maximum atomic E-state index is 11.9. The van der Waals surface area contributed by atoms with E-state index in [1.54, 1.807) is 10.9 Å². The van der Waals surface area contributed by atoms with Crippen LogP contribution in [0.1, 0.15) is 11.3 Å². The lowest BCUT2D eigenvalue weighted by atomic mass is 9.88. The van der Waals surface area contributed by atoms with Crippen molar-refractivity contribution in [3.63, 3.8) is 0 Å². The minimum absolute atomic E-state index is 0.330. The topological polar surface area (TPSA) is 137 Å². The molecule has 0 unspecified atom stereocenters. The average molecular weight is 557 g/mol. The highest BCUT2D eigenvalue weighted by atomic mass is 16.5. The molecule has 0 fully saturated rings. The molecule has 0 spiro atoms. The molecule has 0 aliphatic rings. The van der Waals surface area contributed by atoms with Crippen LogP contribution in [0.2, 0.25) is 0 Å². The monoisotopic (exact) mass is 556 g/mol. The number of pyridine rings is 2. The molecule has 0 saturated carbocycles. The molecule has 4 heterocycles. The van der Waals surface area contributed by atoms with E-state index in [0.717, 1.165) is 55.7 Å². The summed E-state index contributed by atoms with van der Waals surface area (Å²) in [6.07, 6.45) is 4.85. The van der Waals surface area contributed by atoms with Gasteiger partial charge in [0, 0.05) is 47.9 Å². The number of nitrogens with two attached hydrogens (primary N) is 1. The highest BCUT2D eigenvalue weighted by Gasteiger charge is 2.22. The Morgan fingerprint density at radius 1 is 1.07 bits per heavy atom. The molecule has 10 nitrogen and oxygen atoms in total. The fourth-order valence-electron chi connectivity index (χ4n) is 4.97. The number of H-pyrrole nitrogens is 1. The van der Waals surface area contributed by atoms with E-state index < -0.39 is 0 Å². The van der Waals surface area contributed by atoms with E-state index in [-0.39, 0.29) is 5.91 Å². The zero-order valence-corrected chi connectivity index (χ0v) is 23.3. The first-order valence-electron chi connectivity index (χ1n) is 13.2. The van der Waals surface area contributed by atoms with Crippen molar-refractivity contribution in [2.75, 3.05) is 11.1 Å². The molecule has 0 aliphatic heterocycles. The molecule has 208 valence electrons. The zero-order chi connectivity index (χ0) is 29.4. The van der Waals surface area contributed by atoms with Crippen LogP contribution in [0.25, 0.3) is 44.4 Å². The summed E-state index contributed by atoms with van der Waals surface area (Å²) in [6.45, 7) is 7.41. The number of aromatic amines is 1. The summed E-state index contributed by atoms with van der Waals surface area (Å²) in [4.78, 5) is 20.8. The number of carbonyl (C=O) groups excluding carboxylic acids is 1. The van der Waals surface area contributed by atoms with Gasteiger partial charge in [-0.15, -0.1) is 0 Å². The molecule has 10 heteroatoms. The second-order valence-corrected chi connectivity index (χ2v) is 9.90. The fraction of sp³-hybridized carbons (Fsp3) is 0.0938. The molecule has 4 N–H and O–H groups in total. The molecule has 6 aromatic rings. The van der Waals surface area contributed by atoms with E-state index >= 15 is 0 Å². The van der Waals surface area contributed by atoms with Gasteiger partial charge >= 0.3 is 0 Å². The van der Waals surface area contributed by atoms with Gasteiger partial charge in [-0.1, -0.05) is 24.8 Å². The number of ether oxygens (including phenoxy) is 1. The normalized spacial score (nSPS) is 11.0. The Bertz CT molecular complexity index is 1970. The second kappa shape index (κ2) is 10.7. The number of nitrogens with zero attached hydrogens (tertiary/aromatic N) is 5. The number of carbonyl (C=O) groups is 1.